The summed E-state index contributed by atoms with van der Waals surface area (Å²) < 4.78 is 85.8. The molecule has 0 saturated carbocycles. The van der Waals surface area contributed by atoms with Crippen LogP contribution in [0.3, 0.4) is 0 Å². The van der Waals surface area contributed by atoms with Gasteiger partial charge in [-0.15, -0.1) is 0 Å². The highest BCUT2D eigenvalue weighted by Gasteiger charge is 2.12. The van der Waals surface area contributed by atoms with Gasteiger partial charge in [-0.25, -0.2) is 9.97 Å². The first-order valence-corrected chi connectivity index (χ1v) is 10.9. The number of nitrogens with one attached hydrogen (secondary N) is 2. The molecule has 1 amide bonds. The number of aromatic nitrogens is 4. The number of anilines is 3. The SMILES string of the molecule is [2H]c1nc(Nc2c([2H])c(C(=O)Nc3c([2H])c(C)c([2H])c(-n4c([2H])cc(C)c4[2H])c3[2H])c([2H])c([2H])c2C)nc(-c2cccnc2)c1[2H]. The van der Waals surface area contributed by atoms with E-state index < -0.39 is 41.8 Å². The predicted octanol–water partition coefficient (Wildman–Crippen LogP) is 6.25. The molecule has 0 fully saturated rings. The monoisotopic (exact) mass is 484 g/mol. The molecule has 2 N–H and O–H groups in total. The molecular weight excluding hydrogens is 448 g/mol. The van der Waals surface area contributed by atoms with Crippen molar-refractivity contribution in [3.05, 3.63) is 114 Å². The Morgan fingerprint density at radius 2 is 1.92 bits per heavy atom. The normalized spacial score (nSPS) is 14.6. The van der Waals surface area contributed by atoms with E-state index in [9.17, 15) is 4.79 Å². The highest BCUT2D eigenvalue weighted by Crippen LogP contribution is 2.24. The van der Waals surface area contributed by atoms with Gasteiger partial charge in [0.25, 0.3) is 5.91 Å². The van der Waals surface area contributed by atoms with Gasteiger partial charge < -0.3 is 15.2 Å². The zero-order valence-electron chi connectivity index (χ0n) is 29.6. The summed E-state index contributed by atoms with van der Waals surface area (Å²) >= 11 is 0. The van der Waals surface area contributed by atoms with Gasteiger partial charge in [0.15, 0.2) is 0 Å². The van der Waals surface area contributed by atoms with E-state index in [2.05, 4.69) is 25.6 Å². The van der Waals surface area contributed by atoms with Crippen LogP contribution in [0.25, 0.3) is 16.9 Å². The van der Waals surface area contributed by atoms with Crippen molar-refractivity contribution >= 4 is 23.2 Å². The zero-order valence-corrected chi connectivity index (χ0v) is 19.6. The lowest BCUT2D eigenvalue weighted by Crippen LogP contribution is -2.13. The van der Waals surface area contributed by atoms with Gasteiger partial charge in [-0.3, -0.25) is 9.78 Å². The lowest BCUT2D eigenvalue weighted by Gasteiger charge is -2.13. The summed E-state index contributed by atoms with van der Waals surface area (Å²) in [7, 11) is 0. The maximum atomic E-state index is 13.7. The molecule has 7 nitrogen and oxygen atoms in total. The van der Waals surface area contributed by atoms with Crippen LogP contribution in [0.4, 0.5) is 17.3 Å². The number of carbonyl (C=O) groups is 1. The van der Waals surface area contributed by atoms with Gasteiger partial charge in [0.2, 0.25) is 5.95 Å². The molecule has 178 valence electrons. The summed E-state index contributed by atoms with van der Waals surface area (Å²) in [6, 6.07) is 1.70. The summed E-state index contributed by atoms with van der Waals surface area (Å²) in [6.07, 6.45) is 2.25. The average Bonchev–Trinajstić information content (AvgIpc) is 3.27. The van der Waals surface area contributed by atoms with Crippen molar-refractivity contribution in [2.45, 2.75) is 20.8 Å². The minimum atomic E-state index is -1.09. The standard InChI is InChI=1S/C29H26N6O/c1-19-9-12-35(18-19)25-14-20(2)13-24(16-25)32-28(36)22-7-6-21(3)27(15-22)34-29-31-11-8-26(33-29)23-5-4-10-30-17-23/h4-18H,1-3H3,(H,32,36)(H,31,33,34)/i6D,7D,8D,11D,12D,13D,14D,15D,16D,18D. The number of rotatable bonds is 6. The van der Waals surface area contributed by atoms with Crippen LogP contribution in [0.15, 0.2) is 91.4 Å². The third-order valence-corrected chi connectivity index (χ3v) is 4.97. The molecule has 36 heavy (non-hydrogen) atoms. The van der Waals surface area contributed by atoms with Crippen LogP contribution in [-0.2, 0) is 0 Å². The molecule has 3 heterocycles. The first kappa shape index (κ1) is 13.9. The highest BCUT2D eigenvalue weighted by atomic mass is 16.1. The van der Waals surface area contributed by atoms with E-state index in [4.69, 9.17) is 13.7 Å². The van der Waals surface area contributed by atoms with Crippen LogP contribution < -0.4 is 10.6 Å². The first-order chi connectivity index (χ1) is 21.6. The van der Waals surface area contributed by atoms with Crippen molar-refractivity contribution in [3.63, 3.8) is 0 Å². The van der Waals surface area contributed by atoms with Crippen LogP contribution in [0.5, 0.6) is 0 Å². The van der Waals surface area contributed by atoms with Crippen molar-refractivity contribution < 1.29 is 18.5 Å². The topological polar surface area (TPSA) is 84.7 Å². The molecule has 0 spiro atoms. The van der Waals surface area contributed by atoms with Crippen molar-refractivity contribution in [3.8, 4) is 16.9 Å². The summed E-state index contributed by atoms with van der Waals surface area (Å²) in [4.78, 5) is 26.0. The van der Waals surface area contributed by atoms with Crippen molar-refractivity contribution in [1.82, 2.24) is 19.5 Å². The molecule has 3 aromatic heterocycles. The van der Waals surface area contributed by atoms with E-state index in [1.165, 1.54) is 32.3 Å². The fourth-order valence-electron chi connectivity index (χ4n) is 3.26. The molecule has 0 saturated heterocycles. The van der Waals surface area contributed by atoms with E-state index in [0.29, 0.717) is 11.1 Å². The van der Waals surface area contributed by atoms with Gasteiger partial charge in [-0.1, -0.05) is 6.04 Å². The number of hydrogen-bond donors (Lipinski definition) is 2. The first-order valence-electron chi connectivity index (χ1n) is 15.9. The molecule has 5 aromatic rings. The molecule has 0 aliphatic rings. The lowest BCUT2D eigenvalue weighted by molar-refractivity contribution is 0.102. The van der Waals surface area contributed by atoms with Crippen LogP contribution >= 0.6 is 0 Å². The number of carbonyl (C=O) groups excluding carboxylic acids is 1. The van der Waals surface area contributed by atoms with Crippen molar-refractivity contribution in [2.75, 3.05) is 10.6 Å². The van der Waals surface area contributed by atoms with Crippen molar-refractivity contribution in [2.24, 2.45) is 0 Å². The molecule has 0 radical (unpaired) electrons. The average molecular weight is 485 g/mol. The van der Waals surface area contributed by atoms with Crippen LogP contribution in [0.2, 0.25) is 0 Å². The third kappa shape index (κ3) is 5.15. The Labute approximate surface area is 224 Å². The molecule has 0 atom stereocenters. The highest BCUT2D eigenvalue weighted by molar-refractivity contribution is 6.05. The molecule has 0 aliphatic heterocycles. The number of hydrogen-bond acceptors (Lipinski definition) is 5. The third-order valence-electron chi connectivity index (χ3n) is 4.97. The van der Waals surface area contributed by atoms with Gasteiger partial charge in [-0.05, 0) is 91.9 Å². The fraction of sp³-hybridized carbons (Fsp3) is 0.103. The minimum absolute atomic E-state index is 0.0571. The number of nitrogens with zero attached hydrogens (tertiary/aromatic N) is 4. The quantitative estimate of drug-likeness (QED) is 0.298. The lowest BCUT2D eigenvalue weighted by atomic mass is 10.1. The minimum Gasteiger partial charge on any atom is -0.324 e. The van der Waals surface area contributed by atoms with Crippen LogP contribution in [0, 0.1) is 20.8 Å². The maximum absolute atomic E-state index is 13.7. The van der Waals surface area contributed by atoms with E-state index in [-0.39, 0.29) is 70.3 Å². The number of pyridine rings is 1. The van der Waals surface area contributed by atoms with E-state index in [1.54, 1.807) is 19.1 Å². The summed E-state index contributed by atoms with van der Waals surface area (Å²) in [5, 5.41) is 5.18. The maximum Gasteiger partial charge on any atom is 0.255 e. The Balaban J connectivity index is 1.60. The van der Waals surface area contributed by atoms with Crippen molar-refractivity contribution in [1.29, 1.82) is 0 Å². The van der Waals surface area contributed by atoms with E-state index in [0.717, 1.165) is 4.57 Å². The fourth-order valence-corrected chi connectivity index (χ4v) is 3.26. The zero-order chi connectivity index (χ0) is 33.8. The summed E-state index contributed by atoms with van der Waals surface area (Å²) in [5.74, 6) is -1.29. The molecule has 5 rings (SSSR count). The summed E-state index contributed by atoms with van der Waals surface area (Å²) in [6.45, 7) is 4.48. The second-order valence-corrected chi connectivity index (χ2v) is 7.83. The van der Waals surface area contributed by atoms with E-state index in [1.807, 2.05) is 0 Å². The Hall–Kier alpha value is -4.78. The molecule has 2 aromatic carbocycles. The van der Waals surface area contributed by atoms with Gasteiger partial charge in [0, 0.05) is 59.1 Å². The van der Waals surface area contributed by atoms with Gasteiger partial charge in [-0.2, -0.15) is 0 Å². The Morgan fingerprint density at radius 3 is 2.69 bits per heavy atom. The van der Waals surface area contributed by atoms with Gasteiger partial charge in [0.05, 0.1) is 19.4 Å². The molecular formula is C29H26N6O. The Morgan fingerprint density at radius 1 is 1.03 bits per heavy atom. The largest absolute Gasteiger partial charge is 0.324 e. The second-order valence-electron chi connectivity index (χ2n) is 7.83. The number of aryl methyl sites for hydroxylation is 1. The molecule has 0 bridgehead atoms. The molecule has 0 unspecified atom stereocenters. The Bertz CT molecular complexity index is 2070. The van der Waals surface area contributed by atoms with E-state index >= 15 is 0 Å². The smallest absolute Gasteiger partial charge is 0.255 e. The van der Waals surface area contributed by atoms with Gasteiger partial charge in [0.1, 0.15) is 0 Å². The second kappa shape index (κ2) is 9.84. The van der Waals surface area contributed by atoms with Crippen LogP contribution in [-0.4, -0.2) is 25.4 Å². The molecule has 0 aliphatic carbocycles. The number of amides is 1. The van der Waals surface area contributed by atoms with Gasteiger partial charge >= 0.3 is 0 Å². The molecule has 7 heteroatoms. The number of benzene rings is 2. The Kier molecular flexibility index (Phi) is 3.81. The predicted molar refractivity (Wildman–Crippen MR) is 143 cm³/mol. The van der Waals surface area contributed by atoms with Crippen LogP contribution in [0.1, 0.15) is 40.8 Å². The summed E-state index contributed by atoms with van der Waals surface area (Å²) in [5.41, 5.74) is -0.135.